The molecule has 0 atom stereocenters. The van der Waals surface area contributed by atoms with E-state index in [1.54, 1.807) is 0 Å². The predicted octanol–water partition coefficient (Wildman–Crippen LogP) is 4.22. The number of hydrogen-bond acceptors (Lipinski definition) is 1. The van der Waals surface area contributed by atoms with Crippen LogP contribution in [0, 0.1) is 0 Å². The Morgan fingerprint density at radius 2 is 1.64 bits per heavy atom. The van der Waals surface area contributed by atoms with Gasteiger partial charge in [-0.2, -0.15) is 4.57 Å². The molecular formula is C19H15ClNO+. The van der Waals surface area contributed by atoms with Crippen molar-refractivity contribution in [3.05, 3.63) is 84.6 Å². The molecule has 0 aliphatic heterocycles. The van der Waals surface area contributed by atoms with Crippen molar-refractivity contribution in [2.75, 3.05) is 0 Å². The van der Waals surface area contributed by atoms with E-state index in [9.17, 15) is 4.79 Å². The molecule has 108 valence electrons. The van der Waals surface area contributed by atoms with Gasteiger partial charge in [0.25, 0.3) is 0 Å². The molecule has 0 spiro atoms. The van der Waals surface area contributed by atoms with Crippen molar-refractivity contribution in [1.29, 1.82) is 0 Å². The Hall–Kier alpha value is -2.45. The molecule has 0 saturated heterocycles. The minimum Gasteiger partial charge on any atom is -0.287 e. The van der Waals surface area contributed by atoms with Gasteiger partial charge in [0.2, 0.25) is 23.5 Å². The van der Waals surface area contributed by atoms with Gasteiger partial charge in [0.1, 0.15) is 5.03 Å². The fraction of sp³-hybridized carbons (Fsp3) is 0.0526. The lowest BCUT2D eigenvalue weighted by Crippen LogP contribution is -2.42. The number of carbonyl (C=O) groups excluding carboxylic acids is 1. The summed E-state index contributed by atoms with van der Waals surface area (Å²) in [6.07, 6.45) is 0. The highest BCUT2D eigenvalue weighted by Gasteiger charge is 2.21. The molecule has 22 heavy (non-hydrogen) atoms. The van der Waals surface area contributed by atoms with Crippen LogP contribution in [-0.2, 0) is 6.54 Å². The third-order valence-electron chi connectivity index (χ3n) is 3.61. The first-order chi connectivity index (χ1) is 10.7. The molecular weight excluding hydrogens is 294 g/mol. The summed E-state index contributed by atoms with van der Waals surface area (Å²) in [5.41, 5.74) is 2.41. The van der Waals surface area contributed by atoms with E-state index >= 15 is 0 Å². The second kappa shape index (κ2) is 6.12. The molecule has 0 aliphatic rings. The molecule has 1 aromatic heterocycles. The summed E-state index contributed by atoms with van der Waals surface area (Å²) < 4.78 is 1.92. The van der Waals surface area contributed by atoms with Crippen molar-refractivity contribution >= 4 is 33.3 Å². The molecule has 0 amide bonds. The Balaban J connectivity index is 2.10. The van der Waals surface area contributed by atoms with Gasteiger partial charge >= 0.3 is 0 Å². The Bertz CT molecular complexity index is 856. The van der Waals surface area contributed by atoms with Crippen LogP contribution >= 0.6 is 11.6 Å². The number of para-hydroxylation sites is 1. The van der Waals surface area contributed by atoms with Crippen LogP contribution in [0.5, 0.6) is 0 Å². The Morgan fingerprint density at radius 1 is 0.955 bits per heavy atom. The number of Topliss-reactive ketones (excluding diaryl/α,β-unsaturated/α-hetero) is 1. The number of fused-ring (bicyclic) bond motifs is 1. The highest BCUT2D eigenvalue weighted by Crippen LogP contribution is 2.17. The molecule has 3 aromatic rings. The maximum absolute atomic E-state index is 12.5. The highest BCUT2D eigenvalue weighted by molar-refractivity contribution is 6.47. The number of hydrogen-bond donors (Lipinski definition) is 0. The summed E-state index contributed by atoms with van der Waals surface area (Å²) in [4.78, 5) is 12.5. The number of ketones is 1. The lowest BCUT2D eigenvalue weighted by Gasteiger charge is -2.06. The number of carbonyl (C=O) groups is 1. The molecule has 1 heterocycles. The van der Waals surface area contributed by atoms with Gasteiger partial charge < -0.3 is 0 Å². The summed E-state index contributed by atoms with van der Waals surface area (Å²) in [6.45, 7) is 4.03. The third-order valence-corrected chi connectivity index (χ3v) is 3.81. The Morgan fingerprint density at radius 3 is 2.36 bits per heavy atom. The fourth-order valence-corrected chi connectivity index (χ4v) is 2.69. The van der Waals surface area contributed by atoms with Crippen LogP contribution in [0.25, 0.3) is 15.9 Å². The number of halogens is 1. The van der Waals surface area contributed by atoms with E-state index in [0.29, 0.717) is 10.6 Å². The quantitative estimate of drug-likeness (QED) is 0.522. The zero-order chi connectivity index (χ0) is 15.5. The number of aromatic nitrogens is 1. The molecule has 0 N–H and O–H groups in total. The molecule has 0 aliphatic carbocycles. The third kappa shape index (κ3) is 2.78. The van der Waals surface area contributed by atoms with E-state index in [-0.39, 0.29) is 12.3 Å². The molecule has 3 heteroatoms. The number of pyridine rings is 1. The van der Waals surface area contributed by atoms with E-state index in [0.717, 1.165) is 16.6 Å². The first-order valence-corrected chi connectivity index (χ1v) is 7.39. The summed E-state index contributed by atoms with van der Waals surface area (Å²) in [7, 11) is 0. The minimum absolute atomic E-state index is 0.0427. The van der Waals surface area contributed by atoms with Crippen LogP contribution in [-0.4, -0.2) is 5.78 Å². The molecule has 2 nitrogen and oxygen atoms in total. The molecule has 0 radical (unpaired) electrons. The second-order valence-corrected chi connectivity index (χ2v) is 5.51. The first kappa shape index (κ1) is 14.5. The predicted molar refractivity (Wildman–Crippen MR) is 89.8 cm³/mol. The van der Waals surface area contributed by atoms with Crippen molar-refractivity contribution in [2.45, 2.75) is 6.54 Å². The summed E-state index contributed by atoms with van der Waals surface area (Å²) >= 11 is 6.11. The van der Waals surface area contributed by atoms with E-state index in [4.69, 9.17) is 11.6 Å². The van der Waals surface area contributed by atoms with Crippen LogP contribution in [0.1, 0.15) is 16.1 Å². The van der Waals surface area contributed by atoms with E-state index in [2.05, 4.69) is 6.58 Å². The smallest absolute Gasteiger partial charge is 0.227 e. The van der Waals surface area contributed by atoms with Crippen LogP contribution in [0.4, 0.5) is 0 Å². The molecule has 0 saturated carbocycles. The Labute approximate surface area is 134 Å². The van der Waals surface area contributed by atoms with Crippen LogP contribution in [0.3, 0.4) is 0 Å². The summed E-state index contributed by atoms with van der Waals surface area (Å²) in [5.74, 6) is 0.0427. The Kier molecular flexibility index (Phi) is 4.03. The monoisotopic (exact) mass is 308 g/mol. The fourth-order valence-electron chi connectivity index (χ4n) is 2.53. The normalized spacial score (nSPS) is 10.6. The number of rotatable bonds is 4. The van der Waals surface area contributed by atoms with E-state index < -0.39 is 0 Å². The van der Waals surface area contributed by atoms with Gasteiger partial charge in [0.15, 0.2) is 0 Å². The topological polar surface area (TPSA) is 20.9 Å². The van der Waals surface area contributed by atoms with Gasteiger partial charge in [-0.15, -0.1) is 0 Å². The van der Waals surface area contributed by atoms with Crippen molar-refractivity contribution < 1.29 is 9.36 Å². The van der Waals surface area contributed by atoms with E-state index in [1.807, 2.05) is 71.3 Å². The SMILES string of the molecule is C=C(Cl)c1ccc2ccccc2[n+]1CC(=O)c1ccccc1. The lowest BCUT2D eigenvalue weighted by molar-refractivity contribution is -0.659. The van der Waals surface area contributed by atoms with Gasteiger partial charge in [-0.05, 0) is 12.1 Å². The molecule has 2 aromatic carbocycles. The van der Waals surface area contributed by atoms with Crippen LogP contribution in [0.15, 0.2) is 73.3 Å². The van der Waals surface area contributed by atoms with Crippen molar-refractivity contribution in [2.24, 2.45) is 0 Å². The van der Waals surface area contributed by atoms with Crippen molar-refractivity contribution in [3.63, 3.8) is 0 Å². The highest BCUT2D eigenvalue weighted by atomic mass is 35.5. The average molecular weight is 309 g/mol. The first-order valence-electron chi connectivity index (χ1n) is 7.01. The van der Waals surface area contributed by atoms with Gasteiger partial charge in [-0.3, -0.25) is 4.79 Å². The number of nitrogens with zero attached hydrogens (tertiary/aromatic N) is 1. The zero-order valence-electron chi connectivity index (χ0n) is 12.0. The standard InChI is InChI=1S/C19H15ClNO/c1-14(20)17-12-11-15-7-5-6-10-18(15)21(17)13-19(22)16-8-3-2-4-9-16/h2-12H,1,13H2/q+1. The van der Waals surface area contributed by atoms with Crippen molar-refractivity contribution in [3.8, 4) is 0 Å². The number of benzene rings is 2. The van der Waals surface area contributed by atoms with Crippen molar-refractivity contribution in [1.82, 2.24) is 0 Å². The largest absolute Gasteiger partial charge is 0.287 e. The van der Waals surface area contributed by atoms with Gasteiger partial charge in [-0.1, -0.05) is 60.6 Å². The molecule has 0 bridgehead atoms. The van der Waals surface area contributed by atoms with Gasteiger partial charge in [0.05, 0.1) is 0 Å². The second-order valence-electron chi connectivity index (χ2n) is 5.06. The van der Waals surface area contributed by atoms with Crippen LogP contribution in [0.2, 0.25) is 0 Å². The molecule has 3 rings (SSSR count). The van der Waals surface area contributed by atoms with Gasteiger partial charge in [0, 0.05) is 23.1 Å². The summed E-state index contributed by atoms with van der Waals surface area (Å²) in [6, 6.07) is 21.1. The van der Waals surface area contributed by atoms with Crippen LogP contribution < -0.4 is 4.57 Å². The lowest BCUT2D eigenvalue weighted by atomic mass is 10.1. The average Bonchev–Trinajstić information content (AvgIpc) is 2.55. The maximum atomic E-state index is 12.5. The molecule has 0 fully saturated rings. The van der Waals surface area contributed by atoms with E-state index in [1.165, 1.54) is 0 Å². The zero-order valence-corrected chi connectivity index (χ0v) is 12.8. The van der Waals surface area contributed by atoms with Gasteiger partial charge in [-0.25, -0.2) is 0 Å². The minimum atomic E-state index is 0.0427. The molecule has 0 unspecified atom stereocenters. The summed E-state index contributed by atoms with van der Waals surface area (Å²) in [5, 5.41) is 1.48. The maximum Gasteiger partial charge on any atom is 0.227 e.